The molecule has 6 nitrogen and oxygen atoms in total. The summed E-state index contributed by atoms with van der Waals surface area (Å²) >= 11 is 0. The average molecular weight is 254 g/mol. The summed E-state index contributed by atoms with van der Waals surface area (Å²) < 4.78 is 12.9. The van der Waals surface area contributed by atoms with E-state index in [0.29, 0.717) is 6.42 Å². The van der Waals surface area contributed by atoms with E-state index < -0.39 is 17.3 Å². The van der Waals surface area contributed by atoms with E-state index in [1.165, 1.54) is 6.20 Å². The number of carbonyl (C=O) groups excluding carboxylic acids is 1. The van der Waals surface area contributed by atoms with Gasteiger partial charge >= 0.3 is 0 Å². The van der Waals surface area contributed by atoms with Crippen LogP contribution in [0.4, 0.5) is 4.39 Å². The van der Waals surface area contributed by atoms with Gasteiger partial charge in [-0.05, 0) is 19.4 Å². The first-order valence-electron chi connectivity index (χ1n) is 5.34. The van der Waals surface area contributed by atoms with Crippen molar-refractivity contribution in [3.8, 4) is 0 Å². The van der Waals surface area contributed by atoms with Crippen LogP contribution in [0.15, 0.2) is 23.6 Å². The number of pyridine rings is 1. The summed E-state index contributed by atoms with van der Waals surface area (Å²) in [6.07, 6.45) is 2.65. The predicted molar refractivity (Wildman–Crippen MR) is 63.8 cm³/mol. The van der Waals surface area contributed by atoms with Crippen LogP contribution in [0.1, 0.15) is 30.6 Å². The fourth-order valence-corrected chi connectivity index (χ4v) is 1.30. The molecule has 0 aliphatic heterocycles. The highest BCUT2D eigenvalue weighted by atomic mass is 19.1. The molecule has 0 saturated heterocycles. The minimum absolute atomic E-state index is 0.0698. The highest BCUT2D eigenvalue weighted by Gasteiger charge is 2.30. The van der Waals surface area contributed by atoms with Crippen LogP contribution in [0.25, 0.3) is 0 Å². The molecular weight excluding hydrogens is 239 g/mol. The van der Waals surface area contributed by atoms with Crippen LogP contribution in [0.5, 0.6) is 0 Å². The number of nitrogens with one attached hydrogen (secondary N) is 1. The van der Waals surface area contributed by atoms with Gasteiger partial charge in [-0.3, -0.25) is 9.78 Å². The van der Waals surface area contributed by atoms with E-state index >= 15 is 0 Å². The Morgan fingerprint density at radius 2 is 2.33 bits per heavy atom. The van der Waals surface area contributed by atoms with Gasteiger partial charge in [0, 0.05) is 6.20 Å². The molecule has 18 heavy (non-hydrogen) atoms. The highest BCUT2D eigenvalue weighted by Crippen LogP contribution is 2.11. The first-order chi connectivity index (χ1) is 8.42. The molecule has 1 rings (SSSR count). The Bertz CT molecular complexity index is 478. The Morgan fingerprint density at radius 3 is 2.83 bits per heavy atom. The van der Waals surface area contributed by atoms with Crippen molar-refractivity contribution < 1.29 is 14.4 Å². The molecule has 0 radical (unpaired) electrons. The van der Waals surface area contributed by atoms with E-state index in [4.69, 9.17) is 10.9 Å². The standard InChI is InChI=1S/C11H15FN4O2/c1-3-11(2,10(13)16-18)15-9(17)7-4-8(12)6-14-5-7/h4-6,18H,3H2,1-2H3,(H2,13,16)(H,15,17). The smallest absolute Gasteiger partial charge is 0.253 e. The van der Waals surface area contributed by atoms with E-state index in [1.807, 2.05) is 0 Å². The molecule has 7 heteroatoms. The third-order valence-electron chi connectivity index (χ3n) is 2.74. The second-order valence-electron chi connectivity index (χ2n) is 4.02. The van der Waals surface area contributed by atoms with Gasteiger partial charge in [0.05, 0.1) is 17.3 Å². The van der Waals surface area contributed by atoms with E-state index in [-0.39, 0.29) is 11.4 Å². The molecule has 0 aliphatic rings. The number of amides is 1. The van der Waals surface area contributed by atoms with Crippen LogP contribution in [0.3, 0.4) is 0 Å². The zero-order valence-corrected chi connectivity index (χ0v) is 10.1. The summed E-state index contributed by atoms with van der Waals surface area (Å²) in [4.78, 5) is 15.5. The molecule has 0 spiro atoms. The van der Waals surface area contributed by atoms with Gasteiger partial charge in [-0.2, -0.15) is 0 Å². The van der Waals surface area contributed by atoms with Gasteiger partial charge in [0.2, 0.25) is 0 Å². The number of amidine groups is 1. The van der Waals surface area contributed by atoms with Crippen molar-refractivity contribution >= 4 is 11.7 Å². The third-order valence-corrected chi connectivity index (χ3v) is 2.74. The lowest BCUT2D eigenvalue weighted by Crippen LogP contribution is -2.55. The zero-order valence-electron chi connectivity index (χ0n) is 10.1. The summed E-state index contributed by atoms with van der Waals surface area (Å²) in [5.41, 5.74) is 4.58. The van der Waals surface area contributed by atoms with Gasteiger partial charge in [-0.15, -0.1) is 0 Å². The fourth-order valence-electron chi connectivity index (χ4n) is 1.30. The number of hydrogen-bond donors (Lipinski definition) is 3. The van der Waals surface area contributed by atoms with Crippen molar-refractivity contribution in [3.05, 3.63) is 29.8 Å². The van der Waals surface area contributed by atoms with Gasteiger partial charge in [-0.1, -0.05) is 12.1 Å². The molecule has 0 aromatic carbocycles. The van der Waals surface area contributed by atoms with Crippen molar-refractivity contribution in [2.24, 2.45) is 10.9 Å². The zero-order chi connectivity index (χ0) is 13.8. The summed E-state index contributed by atoms with van der Waals surface area (Å²) in [5.74, 6) is -1.27. The van der Waals surface area contributed by atoms with Crippen LogP contribution in [-0.4, -0.2) is 27.5 Å². The monoisotopic (exact) mass is 254 g/mol. The van der Waals surface area contributed by atoms with Gasteiger partial charge in [-0.25, -0.2) is 4.39 Å². The Morgan fingerprint density at radius 1 is 1.67 bits per heavy atom. The van der Waals surface area contributed by atoms with Crippen LogP contribution in [0.2, 0.25) is 0 Å². The molecule has 1 heterocycles. The maximum absolute atomic E-state index is 12.9. The van der Waals surface area contributed by atoms with Crippen molar-refractivity contribution in [3.63, 3.8) is 0 Å². The number of nitrogens with zero attached hydrogens (tertiary/aromatic N) is 2. The lowest BCUT2D eigenvalue weighted by atomic mass is 9.97. The molecule has 1 amide bonds. The predicted octanol–water partition coefficient (Wildman–Crippen LogP) is 0.866. The van der Waals surface area contributed by atoms with E-state index in [0.717, 1.165) is 12.3 Å². The van der Waals surface area contributed by atoms with Crippen LogP contribution in [-0.2, 0) is 0 Å². The van der Waals surface area contributed by atoms with Gasteiger partial charge in [0.25, 0.3) is 5.91 Å². The lowest BCUT2D eigenvalue weighted by Gasteiger charge is -2.27. The first kappa shape index (κ1) is 13.9. The summed E-state index contributed by atoms with van der Waals surface area (Å²) in [5, 5.41) is 14.1. The van der Waals surface area contributed by atoms with Gasteiger partial charge in [0.1, 0.15) is 5.82 Å². The Balaban J connectivity index is 2.93. The van der Waals surface area contributed by atoms with Gasteiger partial charge in [0.15, 0.2) is 5.84 Å². The number of oxime groups is 1. The molecule has 98 valence electrons. The van der Waals surface area contributed by atoms with Crippen molar-refractivity contribution in [2.75, 3.05) is 0 Å². The number of carbonyl (C=O) groups is 1. The third kappa shape index (κ3) is 2.93. The maximum atomic E-state index is 12.9. The normalized spacial score (nSPS) is 14.9. The molecule has 0 aliphatic carbocycles. The number of hydrogen-bond acceptors (Lipinski definition) is 4. The quantitative estimate of drug-likeness (QED) is 0.321. The number of aromatic nitrogens is 1. The highest BCUT2D eigenvalue weighted by molar-refractivity contribution is 5.99. The minimum atomic E-state index is -1.00. The summed E-state index contributed by atoms with van der Waals surface area (Å²) in [6, 6.07) is 1.06. The molecule has 1 aromatic rings. The number of nitrogens with two attached hydrogens (primary N) is 1. The molecule has 4 N–H and O–H groups in total. The van der Waals surface area contributed by atoms with E-state index in [2.05, 4.69) is 15.5 Å². The van der Waals surface area contributed by atoms with Crippen molar-refractivity contribution in [1.82, 2.24) is 10.3 Å². The fraction of sp³-hybridized carbons (Fsp3) is 0.364. The topological polar surface area (TPSA) is 101 Å². The molecule has 0 fully saturated rings. The second-order valence-corrected chi connectivity index (χ2v) is 4.02. The Labute approximate surface area is 104 Å². The molecule has 1 aromatic heterocycles. The SMILES string of the molecule is CCC(C)(NC(=O)c1cncc(F)c1)/C(N)=N/O. The average Bonchev–Trinajstić information content (AvgIpc) is 2.37. The first-order valence-corrected chi connectivity index (χ1v) is 5.34. The van der Waals surface area contributed by atoms with Crippen LogP contribution < -0.4 is 11.1 Å². The van der Waals surface area contributed by atoms with Crippen molar-refractivity contribution in [2.45, 2.75) is 25.8 Å². The molecule has 0 saturated carbocycles. The number of halogens is 1. The largest absolute Gasteiger partial charge is 0.409 e. The summed E-state index contributed by atoms with van der Waals surface area (Å²) in [6.45, 7) is 3.37. The minimum Gasteiger partial charge on any atom is -0.409 e. The van der Waals surface area contributed by atoms with Gasteiger partial charge < -0.3 is 16.3 Å². The van der Waals surface area contributed by atoms with Crippen LogP contribution in [0, 0.1) is 5.82 Å². The molecular formula is C11H15FN4O2. The number of rotatable bonds is 4. The van der Waals surface area contributed by atoms with Crippen molar-refractivity contribution in [1.29, 1.82) is 0 Å². The maximum Gasteiger partial charge on any atom is 0.253 e. The Kier molecular flexibility index (Phi) is 4.19. The second kappa shape index (κ2) is 5.44. The Hall–Kier alpha value is -2.18. The van der Waals surface area contributed by atoms with E-state index in [1.54, 1.807) is 13.8 Å². The molecule has 1 unspecified atom stereocenters. The van der Waals surface area contributed by atoms with E-state index in [9.17, 15) is 9.18 Å². The molecule has 1 atom stereocenters. The summed E-state index contributed by atoms with van der Waals surface area (Å²) in [7, 11) is 0. The van der Waals surface area contributed by atoms with Crippen LogP contribution >= 0.6 is 0 Å². The lowest BCUT2D eigenvalue weighted by molar-refractivity contribution is 0.0924. The molecule has 0 bridgehead atoms.